The molecule has 0 saturated heterocycles. The summed E-state index contributed by atoms with van der Waals surface area (Å²) >= 11 is 0. The zero-order chi connectivity index (χ0) is 13.7. The topological polar surface area (TPSA) is 102 Å². The molecular weight excluding hydrogens is 252 g/mol. The van der Waals surface area contributed by atoms with Crippen molar-refractivity contribution in [1.82, 2.24) is 15.6 Å². The van der Waals surface area contributed by atoms with Gasteiger partial charge in [0.05, 0.1) is 25.5 Å². The molecule has 1 aromatic carbocycles. The Kier molecular flexibility index (Phi) is 3.94. The SMILES string of the molecule is COc1cc(N=CNO)c(-c2ncno2)cc1OC. The van der Waals surface area contributed by atoms with Gasteiger partial charge in [-0.3, -0.25) is 10.7 Å². The second-order valence-electron chi connectivity index (χ2n) is 3.36. The number of methoxy groups -OCH3 is 2. The van der Waals surface area contributed by atoms with E-state index in [1.165, 1.54) is 20.5 Å². The van der Waals surface area contributed by atoms with Crippen molar-refractivity contribution in [2.24, 2.45) is 4.99 Å². The highest BCUT2D eigenvalue weighted by atomic mass is 16.5. The summed E-state index contributed by atoms with van der Waals surface area (Å²) in [5.74, 6) is 1.29. The van der Waals surface area contributed by atoms with Gasteiger partial charge in [0.15, 0.2) is 17.8 Å². The maximum absolute atomic E-state index is 8.57. The molecule has 0 spiro atoms. The fourth-order valence-electron chi connectivity index (χ4n) is 1.54. The van der Waals surface area contributed by atoms with Crippen LogP contribution in [0.3, 0.4) is 0 Å². The Morgan fingerprint density at radius 3 is 2.63 bits per heavy atom. The molecule has 0 amide bonds. The summed E-state index contributed by atoms with van der Waals surface area (Å²) in [4.78, 5) is 7.97. The zero-order valence-corrected chi connectivity index (χ0v) is 10.3. The third-order valence-corrected chi connectivity index (χ3v) is 2.35. The molecule has 0 unspecified atom stereocenters. The molecule has 0 atom stereocenters. The third kappa shape index (κ3) is 2.63. The van der Waals surface area contributed by atoms with Gasteiger partial charge in [-0.15, -0.1) is 0 Å². The van der Waals surface area contributed by atoms with Gasteiger partial charge in [-0.1, -0.05) is 5.16 Å². The number of rotatable bonds is 5. The highest BCUT2D eigenvalue weighted by molar-refractivity contribution is 5.77. The minimum Gasteiger partial charge on any atom is -0.493 e. The standard InChI is InChI=1S/C11H12N4O4/c1-17-9-3-7(11-13-6-15-19-11)8(12-5-14-16)4-10(9)18-2/h3-6,16H,1-2H3,(H,12,14). The molecule has 1 heterocycles. The predicted octanol–water partition coefficient (Wildman–Crippen LogP) is 1.39. The van der Waals surface area contributed by atoms with Crippen LogP contribution in [0, 0.1) is 0 Å². The molecule has 8 heteroatoms. The van der Waals surface area contributed by atoms with Crippen LogP contribution in [0.15, 0.2) is 28.0 Å². The minimum atomic E-state index is 0.283. The van der Waals surface area contributed by atoms with Gasteiger partial charge in [-0.2, -0.15) is 4.98 Å². The lowest BCUT2D eigenvalue weighted by molar-refractivity contribution is 0.240. The summed E-state index contributed by atoms with van der Waals surface area (Å²) < 4.78 is 15.4. The van der Waals surface area contributed by atoms with Crippen molar-refractivity contribution in [3.63, 3.8) is 0 Å². The first kappa shape index (κ1) is 12.8. The molecule has 2 N–H and O–H groups in total. The quantitative estimate of drug-likeness (QED) is 0.478. The molecule has 19 heavy (non-hydrogen) atoms. The van der Waals surface area contributed by atoms with Crippen LogP contribution in [0.1, 0.15) is 0 Å². The monoisotopic (exact) mass is 264 g/mol. The number of hydrogen-bond acceptors (Lipinski definition) is 7. The molecule has 0 fully saturated rings. The van der Waals surface area contributed by atoms with Gasteiger partial charge in [0.25, 0.3) is 5.89 Å². The van der Waals surface area contributed by atoms with Gasteiger partial charge < -0.3 is 14.0 Å². The van der Waals surface area contributed by atoms with E-state index in [4.69, 9.17) is 19.2 Å². The largest absolute Gasteiger partial charge is 0.493 e. The van der Waals surface area contributed by atoms with Crippen LogP contribution in [0.5, 0.6) is 11.5 Å². The maximum Gasteiger partial charge on any atom is 0.259 e. The average Bonchev–Trinajstić information content (AvgIpc) is 2.98. The second kappa shape index (κ2) is 5.83. The molecule has 0 radical (unpaired) electrons. The summed E-state index contributed by atoms with van der Waals surface area (Å²) in [5.41, 5.74) is 2.86. The van der Waals surface area contributed by atoms with E-state index in [0.717, 1.165) is 6.34 Å². The number of benzene rings is 1. The highest BCUT2D eigenvalue weighted by Crippen LogP contribution is 2.39. The maximum atomic E-state index is 8.57. The van der Waals surface area contributed by atoms with Crippen molar-refractivity contribution in [2.45, 2.75) is 0 Å². The van der Waals surface area contributed by atoms with Gasteiger partial charge in [0.2, 0.25) is 0 Å². The molecule has 100 valence electrons. The van der Waals surface area contributed by atoms with Gasteiger partial charge in [-0.05, 0) is 6.07 Å². The van der Waals surface area contributed by atoms with E-state index in [1.54, 1.807) is 12.1 Å². The fraction of sp³-hybridized carbons (Fsp3) is 0.182. The number of hydroxylamine groups is 1. The second-order valence-corrected chi connectivity index (χ2v) is 3.36. The molecular formula is C11H12N4O4. The van der Waals surface area contributed by atoms with E-state index >= 15 is 0 Å². The number of nitrogens with zero attached hydrogens (tertiary/aromatic N) is 3. The lowest BCUT2D eigenvalue weighted by Crippen LogP contribution is -2.01. The van der Waals surface area contributed by atoms with E-state index in [-0.39, 0.29) is 5.89 Å². The summed E-state index contributed by atoms with van der Waals surface area (Å²) in [6, 6.07) is 3.29. The van der Waals surface area contributed by atoms with Crippen LogP contribution < -0.4 is 15.0 Å². The van der Waals surface area contributed by atoms with Gasteiger partial charge in [-0.25, -0.2) is 4.99 Å². The van der Waals surface area contributed by atoms with Crippen LogP contribution in [0.2, 0.25) is 0 Å². The first-order valence-corrected chi connectivity index (χ1v) is 5.25. The number of nitrogens with one attached hydrogen (secondary N) is 1. The van der Waals surface area contributed by atoms with Crippen LogP contribution in [0.4, 0.5) is 5.69 Å². The number of aromatic nitrogens is 2. The lowest BCUT2D eigenvalue weighted by Gasteiger charge is -2.10. The Hall–Kier alpha value is -2.61. The Morgan fingerprint density at radius 2 is 2.05 bits per heavy atom. The van der Waals surface area contributed by atoms with Crippen LogP contribution in [0.25, 0.3) is 11.5 Å². The molecule has 2 rings (SSSR count). The molecule has 1 aromatic heterocycles. The highest BCUT2D eigenvalue weighted by Gasteiger charge is 2.15. The normalized spacial score (nSPS) is 10.7. The zero-order valence-electron chi connectivity index (χ0n) is 10.3. The Labute approximate surface area is 108 Å². The molecule has 2 aromatic rings. The molecule has 0 bridgehead atoms. The summed E-state index contributed by atoms with van der Waals surface area (Å²) in [7, 11) is 3.04. The summed E-state index contributed by atoms with van der Waals surface area (Å²) in [6.45, 7) is 0. The van der Waals surface area contributed by atoms with Crippen molar-refractivity contribution in [3.8, 4) is 23.0 Å². The van der Waals surface area contributed by atoms with Gasteiger partial charge in [0.1, 0.15) is 6.34 Å². The minimum absolute atomic E-state index is 0.283. The van der Waals surface area contributed by atoms with Crippen molar-refractivity contribution in [2.75, 3.05) is 14.2 Å². The Balaban J connectivity index is 2.58. The number of aliphatic imine (C=N–C) groups is 1. The fourth-order valence-corrected chi connectivity index (χ4v) is 1.54. The predicted molar refractivity (Wildman–Crippen MR) is 65.9 cm³/mol. The molecule has 0 saturated carbocycles. The summed E-state index contributed by atoms with van der Waals surface area (Å²) in [5, 5.41) is 12.1. The van der Waals surface area contributed by atoms with Crippen LogP contribution in [-0.2, 0) is 0 Å². The first-order chi connectivity index (χ1) is 9.30. The average molecular weight is 264 g/mol. The van der Waals surface area contributed by atoms with E-state index in [0.29, 0.717) is 22.7 Å². The Bertz CT molecular complexity index is 568. The van der Waals surface area contributed by atoms with E-state index in [1.807, 2.05) is 5.48 Å². The van der Waals surface area contributed by atoms with Crippen molar-refractivity contribution in [3.05, 3.63) is 18.5 Å². The molecule has 0 aliphatic heterocycles. The van der Waals surface area contributed by atoms with Crippen molar-refractivity contribution in [1.29, 1.82) is 0 Å². The van der Waals surface area contributed by atoms with Crippen LogP contribution in [-0.4, -0.2) is 35.9 Å². The van der Waals surface area contributed by atoms with Crippen molar-refractivity contribution >= 4 is 12.0 Å². The van der Waals surface area contributed by atoms with E-state index < -0.39 is 0 Å². The number of hydrogen-bond donors (Lipinski definition) is 2. The third-order valence-electron chi connectivity index (χ3n) is 2.35. The first-order valence-electron chi connectivity index (χ1n) is 5.25. The number of ether oxygens (including phenoxy) is 2. The smallest absolute Gasteiger partial charge is 0.259 e. The summed E-state index contributed by atoms with van der Waals surface area (Å²) in [6.07, 6.45) is 2.39. The molecule has 0 aliphatic rings. The lowest BCUT2D eigenvalue weighted by atomic mass is 10.1. The van der Waals surface area contributed by atoms with E-state index in [2.05, 4.69) is 15.1 Å². The van der Waals surface area contributed by atoms with E-state index in [9.17, 15) is 0 Å². The Morgan fingerprint density at radius 1 is 1.32 bits per heavy atom. The van der Waals surface area contributed by atoms with Gasteiger partial charge >= 0.3 is 0 Å². The van der Waals surface area contributed by atoms with Crippen LogP contribution >= 0.6 is 0 Å². The molecule has 0 aliphatic carbocycles. The van der Waals surface area contributed by atoms with Gasteiger partial charge in [0, 0.05) is 6.07 Å². The van der Waals surface area contributed by atoms with Crippen molar-refractivity contribution < 1.29 is 19.2 Å². The molecule has 8 nitrogen and oxygen atoms in total.